The fraction of sp³-hybridized carbons (Fsp3) is 0.800. The third-order valence-electron chi connectivity index (χ3n) is 1.44. The van der Waals surface area contributed by atoms with Gasteiger partial charge in [0, 0.05) is 13.2 Å². The average molecular weight is 293 g/mol. The molecule has 0 bridgehead atoms. The molecule has 0 heterocycles. The Bertz CT molecular complexity index is 166. The fourth-order valence-electron chi connectivity index (χ4n) is 0.600. The molecule has 0 aromatic rings. The first-order valence-electron chi connectivity index (χ1n) is 5.22. The van der Waals surface area contributed by atoms with Gasteiger partial charge in [0.25, 0.3) is 12.3 Å². The maximum absolute atomic E-state index is 9.54. The molecule has 0 saturated carbocycles. The van der Waals surface area contributed by atoms with E-state index in [1.807, 2.05) is 13.8 Å². The Kier molecular flexibility index (Phi) is 21.9. The summed E-state index contributed by atoms with van der Waals surface area (Å²) in [6.45, 7) is 4.44. The summed E-state index contributed by atoms with van der Waals surface area (Å²) in [5, 5.41) is 19.1. The number of ether oxygens (including phenoxy) is 2. The molecule has 0 aromatic heterocycles. The van der Waals surface area contributed by atoms with E-state index in [1.54, 1.807) is 0 Å². The normalized spacial score (nSPS) is 8.12. The predicted molar refractivity (Wildman–Crippen MR) is 52.5 cm³/mol. The van der Waals surface area contributed by atoms with Crippen LogP contribution in [0.25, 0.3) is 0 Å². The fourth-order valence-corrected chi connectivity index (χ4v) is 0.600. The monoisotopic (exact) mass is 292 g/mol. The second-order valence-corrected chi connectivity index (χ2v) is 2.90. The maximum Gasteiger partial charge on any atom is 2.00 e. The molecule has 0 radical (unpaired) electrons. The van der Waals surface area contributed by atoms with Crippen LogP contribution in [0.2, 0.25) is 0 Å². The van der Waals surface area contributed by atoms with E-state index in [-0.39, 0.29) is 29.7 Å². The molecule has 0 aliphatic carbocycles. The van der Waals surface area contributed by atoms with E-state index in [9.17, 15) is 19.8 Å². The molecule has 0 aromatic carbocycles. The van der Waals surface area contributed by atoms with Gasteiger partial charge in [-0.15, -0.1) is 0 Å². The molecule has 17 heavy (non-hydrogen) atoms. The van der Waals surface area contributed by atoms with Crippen LogP contribution >= 0.6 is 0 Å². The molecule has 0 saturated heterocycles. The summed E-state index contributed by atoms with van der Waals surface area (Å²) in [7, 11) is 0. The van der Waals surface area contributed by atoms with Gasteiger partial charge in [0.15, 0.2) is 0 Å². The molecular weight excluding hydrogens is 275 g/mol. The molecule has 0 aliphatic rings. The van der Waals surface area contributed by atoms with Gasteiger partial charge in [-0.3, -0.25) is 0 Å². The zero-order valence-electron chi connectivity index (χ0n) is 10.0. The minimum atomic E-state index is -1.43. The number of carbonyl (C=O) groups is 2. The first-order valence-corrected chi connectivity index (χ1v) is 5.22. The minimum Gasteiger partial charge on any atom is -0.550 e. The van der Waals surface area contributed by atoms with E-state index in [4.69, 9.17) is 0 Å². The molecule has 0 atom stereocenters. The number of carboxylic acid groups (broad SMARTS) is 2. The summed E-state index contributed by atoms with van der Waals surface area (Å²) in [6, 6.07) is 0. The van der Waals surface area contributed by atoms with Gasteiger partial charge in [0.1, 0.15) is 0 Å². The summed E-state index contributed by atoms with van der Waals surface area (Å²) < 4.78 is 8.18. The number of carbonyl (C=O) groups excluding carboxylic acids is 2. The van der Waals surface area contributed by atoms with Crippen molar-refractivity contribution in [3.8, 4) is 0 Å². The summed E-state index contributed by atoms with van der Waals surface area (Å²) in [5.74, 6) is 0. The molecule has 0 N–H and O–H groups in total. The van der Waals surface area contributed by atoms with E-state index in [0.29, 0.717) is 0 Å². The van der Waals surface area contributed by atoms with Gasteiger partial charge >= 0.3 is 16.5 Å². The maximum atomic E-state index is 9.54. The second-order valence-electron chi connectivity index (χ2n) is 2.90. The Morgan fingerprint density at radius 1 is 0.882 bits per heavy atom. The van der Waals surface area contributed by atoms with Gasteiger partial charge in [-0.2, -0.15) is 0 Å². The van der Waals surface area contributed by atoms with Gasteiger partial charge in [0.2, 0.25) is 0 Å². The third kappa shape index (κ3) is 31.3. The van der Waals surface area contributed by atoms with Gasteiger partial charge in [-0.05, 0) is 12.8 Å². The summed E-state index contributed by atoms with van der Waals surface area (Å²) in [6.07, 6.45) is 0.555. The zero-order valence-corrected chi connectivity index (χ0v) is 11.0. The molecule has 0 amide bonds. The Hall–Kier alpha value is -0.966. The largest absolute Gasteiger partial charge is 2.00 e. The molecule has 7 heteroatoms. The Balaban J connectivity index is -0.000000218. The minimum absolute atomic E-state index is 0. The van der Waals surface area contributed by atoms with Crippen molar-refractivity contribution >= 4 is 12.3 Å². The quantitative estimate of drug-likeness (QED) is 0.396. The molecule has 0 rings (SSSR count). The summed E-state index contributed by atoms with van der Waals surface area (Å²) in [4.78, 5) is 19.1. The van der Waals surface area contributed by atoms with Crippen LogP contribution < -0.4 is 10.2 Å². The SMILES string of the molecule is CCCCOC(=O)[O-].CCCCOC(=O)[O-].[Ni+2]. The van der Waals surface area contributed by atoms with E-state index >= 15 is 0 Å². The first kappa shape index (κ1) is 21.3. The molecule has 0 spiro atoms. The number of rotatable bonds is 6. The molecule has 6 nitrogen and oxygen atoms in total. The van der Waals surface area contributed by atoms with E-state index in [2.05, 4.69) is 9.47 Å². The van der Waals surface area contributed by atoms with Crippen LogP contribution in [-0.4, -0.2) is 25.5 Å². The van der Waals surface area contributed by atoms with Gasteiger partial charge in [-0.1, -0.05) is 26.7 Å². The van der Waals surface area contributed by atoms with E-state index < -0.39 is 12.3 Å². The van der Waals surface area contributed by atoms with Crippen molar-refractivity contribution in [2.24, 2.45) is 0 Å². The Morgan fingerprint density at radius 2 is 1.18 bits per heavy atom. The van der Waals surface area contributed by atoms with Crippen molar-refractivity contribution in [2.45, 2.75) is 39.5 Å². The van der Waals surface area contributed by atoms with Crippen molar-refractivity contribution < 1.29 is 45.8 Å². The molecule has 0 unspecified atom stereocenters. The van der Waals surface area contributed by atoms with Gasteiger partial charge in [0.05, 0.1) is 0 Å². The third-order valence-corrected chi connectivity index (χ3v) is 1.44. The van der Waals surface area contributed by atoms with Crippen LogP contribution in [-0.2, 0) is 26.0 Å². The molecule has 0 aliphatic heterocycles. The van der Waals surface area contributed by atoms with Crippen molar-refractivity contribution in [3.05, 3.63) is 0 Å². The van der Waals surface area contributed by atoms with Crippen LogP contribution in [0.3, 0.4) is 0 Å². The smallest absolute Gasteiger partial charge is 0.550 e. The average Bonchev–Trinajstić information content (AvgIpc) is 2.18. The van der Waals surface area contributed by atoms with Crippen LogP contribution in [0, 0.1) is 0 Å². The van der Waals surface area contributed by atoms with Crippen molar-refractivity contribution in [3.63, 3.8) is 0 Å². The Labute approximate surface area is 111 Å². The standard InChI is InChI=1S/2C5H10O3.Ni/c2*1-2-3-4-8-5(6)7;/h2*2-4H2,1H3,(H,6,7);/q;;+2/p-2. The van der Waals surface area contributed by atoms with Crippen LogP contribution in [0.5, 0.6) is 0 Å². The number of hydrogen-bond donors (Lipinski definition) is 0. The summed E-state index contributed by atoms with van der Waals surface area (Å²) in [5.41, 5.74) is 0. The Morgan fingerprint density at radius 3 is 1.35 bits per heavy atom. The first-order chi connectivity index (χ1) is 7.54. The van der Waals surface area contributed by atoms with Crippen molar-refractivity contribution in [1.82, 2.24) is 0 Å². The predicted octanol–water partition coefficient (Wildman–Crippen LogP) is 0.290. The summed E-state index contributed by atoms with van der Waals surface area (Å²) >= 11 is 0. The topological polar surface area (TPSA) is 98.7 Å². The van der Waals surface area contributed by atoms with Crippen molar-refractivity contribution in [2.75, 3.05) is 13.2 Å². The van der Waals surface area contributed by atoms with Crippen LogP contribution in [0.1, 0.15) is 39.5 Å². The molecule has 0 fully saturated rings. The van der Waals surface area contributed by atoms with Crippen LogP contribution in [0.15, 0.2) is 0 Å². The van der Waals surface area contributed by atoms with Gasteiger partial charge in [-0.25, -0.2) is 0 Å². The number of unbranched alkanes of at least 4 members (excludes halogenated alkanes) is 2. The number of hydrogen-bond acceptors (Lipinski definition) is 6. The van der Waals surface area contributed by atoms with Crippen molar-refractivity contribution in [1.29, 1.82) is 0 Å². The molecule has 104 valence electrons. The second kappa shape index (κ2) is 17.4. The van der Waals surface area contributed by atoms with E-state index in [0.717, 1.165) is 25.7 Å². The van der Waals surface area contributed by atoms with E-state index in [1.165, 1.54) is 0 Å². The zero-order chi connectivity index (χ0) is 12.8. The van der Waals surface area contributed by atoms with Crippen LogP contribution in [0.4, 0.5) is 9.59 Å². The molecular formula is C10H18NiO6. The van der Waals surface area contributed by atoms with Gasteiger partial charge < -0.3 is 29.3 Å².